The van der Waals surface area contributed by atoms with Crippen molar-refractivity contribution in [3.8, 4) is 17.2 Å². The predicted molar refractivity (Wildman–Crippen MR) is 96.1 cm³/mol. The number of hydrogen-bond acceptors (Lipinski definition) is 4. The Morgan fingerprint density at radius 3 is 2.48 bits per heavy atom. The lowest BCUT2D eigenvalue weighted by atomic mass is 10.2. The SMILES string of the molecule is COc1ccc(NC(=O)c2cnn(-c3ccc(Cl)cc3)c2)cc1OC. The third-order valence-electron chi connectivity index (χ3n) is 3.58. The molecule has 0 saturated heterocycles. The standard InChI is InChI=1S/C18H16ClN3O3/c1-24-16-8-5-14(9-17(16)25-2)21-18(23)12-10-20-22(11-12)15-6-3-13(19)4-7-15/h3-11H,1-2H3,(H,21,23). The maximum absolute atomic E-state index is 12.4. The number of aromatic nitrogens is 2. The molecule has 1 N–H and O–H groups in total. The van der Waals surface area contributed by atoms with E-state index in [2.05, 4.69) is 10.4 Å². The summed E-state index contributed by atoms with van der Waals surface area (Å²) in [5.74, 6) is 0.862. The average molecular weight is 358 g/mol. The van der Waals surface area contributed by atoms with Crippen LogP contribution >= 0.6 is 11.6 Å². The Kier molecular flexibility index (Phi) is 4.90. The summed E-state index contributed by atoms with van der Waals surface area (Å²) in [6.07, 6.45) is 3.16. The van der Waals surface area contributed by atoms with Gasteiger partial charge in [-0.25, -0.2) is 4.68 Å². The second-order valence-electron chi connectivity index (χ2n) is 5.17. The van der Waals surface area contributed by atoms with Crippen molar-refractivity contribution in [1.82, 2.24) is 9.78 Å². The van der Waals surface area contributed by atoms with E-state index in [1.165, 1.54) is 6.20 Å². The van der Waals surface area contributed by atoms with Gasteiger partial charge in [0.05, 0.1) is 31.7 Å². The van der Waals surface area contributed by atoms with Crippen molar-refractivity contribution in [2.75, 3.05) is 19.5 Å². The molecule has 1 amide bonds. The van der Waals surface area contributed by atoms with Crippen molar-refractivity contribution in [3.63, 3.8) is 0 Å². The number of ether oxygens (including phenoxy) is 2. The van der Waals surface area contributed by atoms with Gasteiger partial charge in [0.1, 0.15) is 0 Å². The molecule has 0 fully saturated rings. The molecule has 0 radical (unpaired) electrons. The second kappa shape index (κ2) is 7.27. The van der Waals surface area contributed by atoms with Crippen molar-refractivity contribution in [2.45, 2.75) is 0 Å². The lowest BCUT2D eigenvalue weighted by Crippen LogP contribution is -2.11. The van der Waals surface area contributed by atoms with Gasteiger partial charge in [0.2, 0.25) is 0 Å². The fourth-order valence-corrected chi connectivity index (χ4v) is 2.42. The lowest BCUT2D eigenvalue weighted by molar-refractivity contribution is 0.102. The van der Waals surface area contributed by atoms with Gasteiger partial charge in [-0.3, -0.25) is 4.79 Å². The van der Waals surface area contributed by atoms with Crippen LogP contribution in [0.15, 0.2) is 54.9 Å². The van der Waals surface area contributed by atoms with Crippen molar-refractivity contribution >= 4 is 23.2 Å². The van der Waals surface area contributed by atoms with E-state index in [4.69, 9.17) is 21.1 Å². The van der Waals surface area contributed by atoms with Gasteiger partial charge in [-0.1, -0.05) is 11.6 Å². The first kappa shape index (κ1) is 16.9. The number of nitrogens with zero attached hydrogens (tertiary/aromatic N) is 2. The number of halogens is 1. The molecule has 0 spiro atoms. The molecule has 0 unspecified atom stereocenters. The summed E-state index contributed by atoms with van der Waals surface area (Å²) in [7, 11) is 3.10. The van der Waals surface area contributed by atoms with Crippen LogP contribution in [0.2, 0.25) is 5.02 Å². The highest BCUT2D eigenvalue weighted by molar-refractivity contribution is 6.30. The number of anilines is 1. The van der Waals surface area contributed by atoms with Crippen molar-refractivity contribution in [1.29, 1.82) is 0 Å². The Morgan fingerprint density at radius 2 is 1.80 bits per heavy atom. The van der Waals surface area contributed by atoms with Crippen LogP contribution in [0.4, 0.5) is 5.69 Å². The van der Waals surface area contributed by atoms with Gasteiger partial charge in [0, 0.05) is 23.0 Å². The summed E-state index contributed by atoms with van der Waals surface area (Å²) in [6.45, 7) is 0. The Balaban J connectivity index is 1.77. The zero-order valence-corrected chi connectivity index (χ0v) is 14.4. The Morgan fingerprint density at radius 1 is 1.08 bits per heavy atom. The van der Waals surface area contributed by atoms with Gasteiger partial charge in [-0.15, -0.1) is 0 Å². The minimum atomic E-state index is -0.271. The summed E-state index contributed by atoms with van der Waals surface area (Å²) in [5.41, 5.74) is 1.85. The fourth-order valence-electron chi connectivity index (χ4n) is 2.29. The molecule has 1 aromatic heterocycles. The molecule has 3 aromatic rings. The Bertz CT molecular complexity index is 891. The molecule has 6 nitrogen and oxygen atoms in total. The zero-order valence-electron chi connectivity index (χ0n) is 13.7. The van der Waals surface area contributed by atoms with Gasteiger partial charge >= 0.3 is 0 Å². The van der Waals surface area contributed by atoms with E-state index in [9.17, 15) is 4.79 Å². The third kappa shape index (κ3) is 3.75. The maximum atomic E-state index is 12.4. The average Bonchev–Trinajstić information content (AvgIpc) is 3.12. The monoisotopic (exact) mass is 357 g/mol. The highest BCUT2D eigenvalue weighted by atomic mass is 35.5. The van der Waals surface area contributed by atoms with Crippen LogP contribution in [0.5, 0.6) is 11.5 Å². The molecule has 2 aromatic carbocycles. The highest BCUT2D eigenvalue weighted by Gasteiger charge is 2.12. The van der Waals surface area contributed by atoms with Crippen LogP contribution < -0.4 is 14.8 Å². The third-order valence-corrected chi connectivity index (χ3v) is 3.83. The minimum Gasteiger partial charge on any atom is -0.493 e. The first-order valence-corrected chi connectivity index (χ1v) is 7.82. The lowest BCUT2D eigenvalue weighted by Gasteiger charge is -2.10. The number of carbonyl (C=O) groups excluding carboxylic acids is 1. The molecule has 0 aliphatic rings. The number of hydrogen-bond donors (Lipinski definition) is 1. The van der Waals surface area contributed by atoms with Gasteiger partial charge in [0.25, 0.3) is 5.91 Å². The largest absolute Gasteiger partial charge is 0.493 e. The first-order valence-electron chi connectivity index (χ1n) is 7.44. The molecule has 0 atom stereocenters. The molecule has 0 saturated carbocycles. The van der Waals surface area contributed by atoms with Crippen LogP contribution in [0.1, 0.15) is 10.4 Å². The molecule has 1 heterocycles. The molecule has 25 heavy (non-hydrogen) atoms. The smallest absolute Gasteiger partial charge is 0.258 e. The number of nitrogens with one attached hydrogen (secondary N) is 1. The van der Waals surface area contributed by atoms with E-state index in [0.717, 1.165) is 5.69 Å². The second-order valence-corrected chi connectivity index (χ2v) is 5.61. The topological polar surface area (TPSA) is 65.4 Å². The number of methoxy groups -OCH3 is 2. The zero-order chi connectivity index (χ0) is 17.8. The van der Waals surface area contributed by atoms with Crippen LogP contribution in [-0.2, 0) is 0 Å². The molecule has 3 rings (SSSR count). The summed E-state index contributed by atoms with van der Waals surface area (Å²) < 4.78 is 12.0. The van der Waals surface area contributed by atoms with E-state index in [0.29, 0.717) is 27.8 Å². The summed E-state index contributed by atoms with van der Waals surface area (Å²) in [4.78, 5) is 12.4. The molecule has 0 aliphatic carbocycles. The Labute approximate surface area is 149 Å². The minimum absolute atomic E-state index is 0.271. The van der Waals surface area contributed by atoms with Crippen LogP contribution in [0.25, 0.3) is 5.69 Å². The number of carbonyl (C=O) groups is 1. The molecule has 7 heteroatoms. The predicted octanol–water partition coefficient (Wildman–Crippen LogP) is 3.80. The molecule has 128 valence electrons. The normalized spacial score (nSPS) is 10.4. The van der Waals surface area contributed by atoms with Gasteiger partial charge in [-0.2, -0.15) is 5.10 Å². The fraction of sp³-hybridized carbons (Fsp3) is 0.111. The van der Waals surface area contributed by atoms with Crippen molar-refractivity contribution in [2.24, 2.45) is 0 Å². The molecular formula is C18H16ClN3O3. The van der Waals surface area contributed by atoms with E-state index < -0.39 is 0 Å². The summed E-state index contributed by atoms with van der Waals surface area (Å²) >= 11 is 5.88. The van der Waals surface area contributed by atoms with Crippen molar-refractivity contribution in [3.05, 3.63) is 65.4 Å². The first-order chi connectivity index (χ1) is 12.1. The van der Waals surface area contributed by atoms with E-state index in [1.807, 2.05) is 12.1 Å². The number of benzene rings is 2. The van der Waals surface area contributed by atoms with Gasteiger partial charge < -0.3 is 14.8 Å². The van der Waals surface area contributed by atoms with E-state index in [-0.39, 0.29) is 5.91 Å². The molecule has 0 aliphatic heterocycles. The Hall–Kier alpha value is -2.99. The summed E-state index contributed by atoms with van der Waals surface area (Å²) in [6, 6.07) is 12.3. The van der Waals surface area contributed by atoms with Crippen LogP contribution in [0, 0.1) is 0 Å². The van der Waals surface area contributed by atoms with Crippen LogP contribution in [0.3, 0.4) is 0 Å². The van der Waals surface area contributed by atoms with E-state index in [1.54, 1.807) is 55.4 Å². The maximum Gasteiger partial charge on any atom is 0.258 e. The van der Waals surface area contributed by atoms with Gasteiger partial charge in [0.15, 0.2) is 11.5 Å². The number of amides is 1. The molecular weight excluding hydrogens is 342 g/mol. The van der Waals surface area contributed by atoms with E-state index >= 15 is 0 Å². The highest BCUT2D eigenvalue weighted by Crippen LogP contribution is 2.29. The quantitative estimate of drug-likeness (QED) is 0.754. The van der Waals surface area contributed by atoms with Gasteiger partial charge in [-0.05, 0) is 36.4 Å². The number of rotatable bonds is 5. The van der Waals surface area contributed by atoms with Crippen LogP contribution in [-0.4, -0.2) is 29.9 Å². The van der Waals surface area contributed by atoms with Crippen molar-refractivity contribution < 1.29 is 14.3 Å². The summed E-state index contributed by atoms with van der Waals surface area (Å²) in [5, 5.41) is 7.66. The molecule has 0 bridgehead atoms.